The molecule has 132 valence electrons. The van der Waals surface area contributed by atoms with Crippen molar-refractivity contribution in [3.8, 4) is 0 Å². The summed E-state index contributed by atoms with van der Waals surface area (Å²) in [6, 6.07) is 0.381. The van der Waals surface area contributed by atoms with Crippen LogP contribution in [0.25, 0.3) is 0 Å². The molecule has 1 aromatic heterocycles. The minimum absolute atomic E-state index is 0.381. The lowest BCUT2D eigenvalue weighted by atomic mass is 10.2. The highest BCUT2D eigenvalue weighted by Crippen LogP contribution is 2.16. The maximum absolute atomic E-state index is 4.62. The third kappa shape index (κ3) is 7.24. The van der Waals surface area contributed by atoms with Crippen LogP contribution in [-0.2, 0) is 13.0 Å². The monoisotopic (exact) mass is 340 g/mol. The molecular formula is C16H32N6S. The standard InChI is InChI=1S/C16H32N6S/c1-7-17-15(19-13(4)5)18-10-8-9-14-20-21-16(23-6)22(14)11-12(2)3/h12-13H,7-11H2,1-6H3,(H2,17,18,19). The van der Waals surface area contributed by atoms with Gasteiger partial charge in [0.2, 0.25) is 0 Å². The molecule has 6 nitrogen and oxygen atoms in total. The highest BCUT2D eigenvalue weighted by atomic mass is 32.2. The fourth-order valence-electron chi connectivity index (χ4n) is 2.22. The molecule has 23 heavy (non-hydrogen) atoms. The maximum atomic E-state index is 4.62. The average Bonchev–Trinajstić information content (AvgIpc) is 2.84. The van der Waals surface area contributed by atoms with Crippen LogP contribution >= 0.6 is 11.8 Å². The minimum atomic E-state index is 0.381. The van der Waals surface area contributed by atoms with Crippen molar-refractivity contribution in [1.82, 2.24) is 25.4 Å². The smallest absolute Gasteiger partial charge is 0.191 e. The van der Waals surface area contributed by atoms with Gasteiger partial charge < -0.3 is 15.2 Å². The van der Waals surface area contributed by atoms with Crippen LogP contribution in [0.15, 0.2) is 10.1 Å². The Bertz CT molecular complexity index is 481. The summed E-state index contributed by atoms with van der Waals surface area (Å²) in [5.41, 5.74) is 0. The van der Waals surface area contributed by atoms with Crippen LogP contribution < -0.4 is 10.6 Å². The summed E-state index contributed by atoms with van der Waals surface area (Å²) in [5.74, 6) is 2.54. The van der Waals surface area contributed by atoms with Crippen molar-refractivity contribution in [3.63, 3.8) is 0 Å². The first-order chi connectivity index (χ1) is 11.0. The van der Waals surface area contributed by atoms with E-state index in [4.69, 9.17) is 0 Å². The average molecular weight is 341 g/mol. The van der Waals surface area contributed by atoms with Gasteiger partial charge in [-0.05, 0) is 39.4 Å². The van der Waals surface area contributed by atoms with Crippen molar-refractivity contribution in [2.75, 3.05) is 19.3 Å². The number of aromatic nitrogens is 3. The van der Waals surface area contributed by atoms with Gasteiger partial charge in [-0.15, -0.1) is 10.2 Å². The molecule has 1 aromatic rings. The van der Waals surface area contributed by atoms with Crippen molar-refractivity contribution in [2.24, 2.45) is 10.9 Å². The summed E-state index contributed by atoms with van der Waals surface area (Å²) in [6.07, 6.45) is 3.93. The number of guanidine groups is 1. The van der Waals surface area contributed by atoms with E-state index in [0.717, 1.165) is 49.4 Å². The Labute approximate surface area is 144 Å². The number of hydrogen-bond donors (Lipinski definition) is 2. The molecule has 0 saturated carbocycles. The van der Waals surface area contributed by atoms with Crippen LogP contribution in [0.1, 0.15) is 46.9 Å². The van der Waals surface area contributed by atoms with Gasteiger partial charge in [0.25, 0.3) is 0 Å². The summed E-state index contributed by atoms with van der Waals surface area (Å²) in [4.78, 5) is 4.62. The van der Waals surface area contributed by atoms with Crippen molar-refractivity contribution < 1.29 is 0 Å². The quantitative estimate of drug-likeness (QED) is 0.313. The number of nitrogens with one attached hydrogen (secondary N) is 2. The fraction of sp³-hybridized carbons (Fsp3) is 0.812. The molecule has 2 N–H and O–H groups in total. The summed E-state index contributed by atoms with van der Waals surface area (Å²) < 4.78 is 2.25. The fourth-order valence-corrected chi connectivity index (χ4v) is 2.75. The van der Waals surface area contributed by atoms with Gasteiger partial charge in [0, 0.05) is 32.1 Å². The first kappa shape index (κ1) is 19.8. The molecule has 0 bridgehead atoms. The van der Waals surface area contributed by atoms with Crippen molar-refractivity contribution in [1.29, 1.82) is 0 Å². The summed E-state index contributed by atoms with van der Waals surface area (Å²) >= 11 is 1.66. The zero-order chi connectivity index (χ0) is 17.2. The van der Waals surface area contributed by atoms with Crippen LogP contribution in [0.4, 0.5) is 0 Å². The Morgan fingerprint density at radius 1 is 1.26 bits per heavy atom. The molecule has 1 rings (SSSR count). The van der Waals surface area contributed by atoms with E-state index in [-0.39, 0.29) is 0 Å². The molecule has 0 aromatic carbocycles. The zero-order valence-electron chi connectivity index (χ0n) is 15.4. The Morgan fingerprint density at radius 2 is 2.00 bits per heavy atom. The predicted octanol–water partition coefficient (Wildman–Crippen LogP) is 2.55. The third-order valence-corrected chi connectivity index (χ3v) is 3.79. The van der Waals surface area contributed by atoms with E-state index in [1.165, 1.54) is 0 Å². The molecule has 0 atom stereocenters. The molecule has 0 aliphatic rings. The van der Waals surface area contributed by atoms with E-state index in [1.54, 1.807) is 11.8 Å². The van der Waals surface area contributed by atoms with Gasteiger partial charge in [-0.25, -0.2) is 0 Å². The molecule has 0 aliphatic carbocycles. The van der Waals surface area contributed by atoms with E-state index < -0.39 is 0 Å². The van der Waals surface area contributed by atoms with Crippen LogP contribution in [0.3, 0.4) is 0 Å². The largest absolute Gasteiger partial charge is 0.357 e. The second kappa shape index (κ2) is 10.5. The van der Waals surface area contributed by atoms with E-state index in [2.05, 4.69) is 71.3 Å². The molecule has 0 amide bonds. The number of hydrogen-bond acceptors (Lipinski definition) is 4. The van der Waals surface area contributed by atoms with Gasteiger partial charge in [0.05, 0.1) is 0 Å². The van der Waals surface area contributed by atoms with E-state index >= 15 is 0 Å². The maximum Gasteiger partial charge on any atom is 0.191 e. The Kier molecular flexibility index (Phi) is 9.06. The van der Waals surface area contributed by atoms with E-state index in [9.17, 15) is 0 Å². The Morgan fingerprint density at radius 3 is 2.57 bits per heavy atom. The Balaban J connectivity index is 2.59. The highest BCUT2D eigenvalue weighted by Gasteiger charge is 2.12. The number of aliphatic imine (C=N–C) groups is 1. The van der Waals surface area contributed by atoms with E-state index in [0.29, 0.717) is 12.0 Å². The van der Waals surface area contributed by atoms with Crippen LogP contribution in [0, 0.1) is 5.92 Å². The molecule has 0 aliphatic heterocycles. The Hall–Kier alpha value is -1.24. The second-order valence-corrected chi connectivity index (χ2v) is 7.04. The number of rotatable bonds is 9. The van der Waals surface area contributed by atoms with Gasteiger partial charge in [-0.3, -0.25) is 4.99 Å². The van der Waals surface area contributed by atoms with Crippen molar-refractivity contribution in [3.05, 3.63) is 5.82 Å². The summed E-state index contributed by atoms with van der Waals surface area (Å²) in [6.45, 7) is 13.4. The van der Waals surface area contributed by atoms with Gasteiger partial charge in [-0.1, -0.05) is 25.6 Å². The molecular weight excluding hydrogens is 308 g/mol. The molecule has 0 unspecified atom stereocenters. The van der Waals surface area contributed by atoms with E-state index in [1.807, 2.05) is 0 Å². The molecule has 7 heteroatoms. The zero-order valence-corrected chi connectivity index (χ0v) is 16.2. The van der Waals surface area contributed by atoms with Crippen LogP contribution in [-0.4, -0.2) is 46.1 Å². The predicted molar refractivity (Wildman–Crippen MR) is 99.2 cm³/mol. The number of thioether (sulfide) groups is 1. The molecule has 0 radical (unpaired) electrons. The topological polar surface area (TPSA) is 67.1 Å². The molecule has 0 saturated heterocycles. The third-order valence-electron chi connectivity index (χ3n) is 3.12. The van der Waals surface area contributed by atoms with Crippen molar-refractivity contribution >= 4 is 17.7 Å². The molecule has 0 spiro atoms. The molecule has 1 heterocycles. The minimum Gasteiger partial charge on any atom is -0.357 e. The van der Waals surface area contributed by atoms with Gasteiger partial charge in [0.15, 0.2) is 11.1 Å². The number of aryl methyl sites for hydroxylation is 1. The first-order valence-electron chi connectivity index (χ1n) is 8.48. The lowest BCUT2D eigenvalue weighted by Crippen LogP contribution is -2.41. The van der Waals surface area contributed by atoms with Gasteiger partial charge in [-0.2, -0.15) is 0 Å². The number of nitrogens with zero attached hydrogens (tertiary/aromatic N) is 4. The lowest BCUT2D eigenvalue weighted by molar-refractivity contribution is 0.477. The normalized spacial score (nSPS) is 12.3. The summed E-state index contributed by atoms with van der Waals surface area (Å²) in [5, 5.41) is 16.2. The van der Waals surface area contributed by atoms with Gasteiger partial charge in [0.1, 0.15) is 5.82 Å². The molecule has 0 fully saturated rings. The van der Waals surface area contributed by atoms with Crippen LogP contribution in [0.5, 0.6) is 0 Å². The highest BCUT2D eigenvalue weighted by molar-refractivity contribution is 7.98. The lowest BCUT2D eigenvalue weighted by Gasteiger charge is -2.14. The second-order valence-electron chi connectivity index (χ2n) is 6.27. The first-order valence-corrected chi connectivity index (χ1v) is 9.71. The SMILES string of the molecule is CCNC(=NCCCc1nnc(SC)n1CC(C)C)NC(C)C. The van der Waals surface area contributed by atoms with Crippen LogP contribution in [0.2, 0.25) is 0 Å². The summed E-state index contributed by atoms with van der Waals surface area (Å²) in [7, 11) is 0. The van der Waals surface area contributed by atoms with Crippen molar-refractivity contribution in [2.45, 2.75) is 65.2 Å². The van der Waals surface area contributed by atoms with Gasteiger partial charge >= 0.3 is 0 Å².